The van der Waals surface area contributed by atoms with Gasteiger partial charge in [0.05, 0.1) is 12.1 Å². The molecular weight excluding hydrogens is 469 g/mol. The van der Waals surface area contributed by atoms with E-state index >= 15 is 4.39 Å². The van der Waals surface area contributed by atoms with Gasteiger partial charge in [-0.25, -0.2) is 4.39 Å². The summed E-state index contributed by atoms with van der Waals surface area (Å²) in [6.07, 6.45) is 2.22. The topological polar surface area (TPSA) is 90.0 Å². The van der Waals surface area contributed by atoms with Gasteiger partial charge in [-0.3, -0.25) is 4.79 Å². The quantitative estimate of drug-likeness (QED) is 0.582. The molecule has 0 radical (unpaired) electrons. The standard InChI is InChI=1S/C26H32FN3O4S/c1-29(2)35(33,34)28-24-21(30(16-26(24)13-14-26)25(32)23(31)18-11-12-18)15-19-9-6-10-20(22(19)27)17-7-4-3-5-8-17/h3-10,18,21,23-24,28,31H,11-16H2,1-2H3/t21-,23+,24+/m0/s1. The highest BCUT2D eigenvalue weighted by Crippen LogP contribution is 2.56. The van der Waals surface area contributed by atoms with Crippen LogP contribution in [0.3, 0.4) is 0 Å². The fourth-order valence-corrected chi connectivity index (χ4v) is 6.24. The number of rotatable bonds is 8. The third-order valence-corrected chi connectivity index (χ3v) is 9.29. The molecular formula is C26H32FN3O4S. The Hall–Kier alpha value is -2.33. The largest absolute Gasteiger partial charge is 0.383 e. The number of benzene rings is 2. The first-order chi connectivity index (χ1) is 16.6. The maximum atomic E-state index is 15.7. The second kappa shape index (κ2) is 8.96. The molecule has 35 heavy (non-hydrogen) atoms. The normalized spacial score (nSPS) is 24.2. The van der Waals surface area contributed by atoms with Crippen molar-refractivity contribution in [3.63, 3.8) is 0 Å². The van der Waals surface area contributed by atoms with Crippen LogP contribution < -0.4 is 4.72 Å². The predicted octanol–water partition coefficient (Wildman–Crippen LogP) is 2.56. The number of likely N-dealkylation sites (tertiary alicyclic amines) is 1. The highest BCUT2D eigenvalue weighted by Gasteiger charge is 2.62. The Bertz CT molecular complexity index is 1210. The fourth-order valence-electron chi connectivity index (χ4n) is 5.30. The van der Waals surface area contributed by atoms with Crippen LogP contribution in [-0.2, 0) is 21.4 Å². The Morgan fingerprint density at radius 3 is 2.46 bits per heavy atom. The van der Waals surface area contributed by atoms with Crippen molar-refractivity contribution in [3.05, 3.63) is 59.9 Å². The van der Waals surface area contributed by atoms with Crippen LogP contribution in [0.4, 0.5) is 4.39 Å². The number of aliphatic hydroxyl groups excluding tert-OH is 1. The lowest BCUT2D eigenvalue weighted by atomic mass is 9.91. The molecule has 9 heteroatoms. The van der Waals surface area contributed by atoms with Crippen molar-refractivity contribution in [2.24, 2.45) is 11.3 Å². The van der Waals surface area contributed by atoms with Gasteiger partial charge in [0.2, 0.25) is 0 Å². The Morgan fingerprint density at radius 1 is 1.17 bits per heavy atom. The number of halogens is 1. The molecule has 0 unspecified atom stereocenters. The first kappa shape index (κ1) is 24.4. The van der Waals surface area contributed by atoms with Gasteiger partial charge in [0.25, 0.3) is 16.1 Å². The molecule has 1 saturated heterocycles. The van der Waals surface area contributed by atoms with E-state index in [2.05, 4.69) is 4.72 Å². The fraction of sp³-hybridized carbons (Fsp3) is 0.500. The molecule has 2 aromatic carbocycles. The average molecular weight is 502 g/mol. The van der Waals surface area contributed by atoms with Gasteiger partial charge < -0.3 is 10.0 Å². The first-order valence-electron chi connectivity index (χ1n) is 12.1. The maximum Gasteiger partial charge on any atom is 0.279 e. The molecule has 188 valence electrons. The molecule has 7 nitrogen and oxygen atoms in total. The second-order valence-corrected chi connectivity index (χ2v) is 12.3. The van der Waals surface area contributed by atoms with Gasteiger partial charge in [0.1, 0.15) is 11.9 Å². The van der Waals surface area contributed by atoms with E-state index < -0.39 is 28.4 Å². The number of aliphatic hydroxyl groups is 1. The zero-order chi connectivity index (χ0) is 25.0. The van der Waals surface area contributed by atoms with Crippen molar-refractivity contribution in [2.75, 3.05) is 20.6 Å². The smallest absolute Gasteiger partial charge is 0.279 e. The van der Waals surface area contributed by atoms with Gasteiger partial charge in [0.15, 0.2) is 0 Å². The second-order valence-electron chi connectivity index (χ2n) is 10.4. The van der Waals surface area contributed by atoms with E-state index in [-0.39, 0.29) is 29.5 Å². The van der Waals surface area contributed by atoms with Crippen LogP contribution in [0.5, 0.6) is 0 Å². The number of carbonyl (C=O) groups is 1. The van der Waals surface area contributed by atoms with Crippen molar-refractivity contribution in [1.29, 1.82) is 0 Å². The SMILES string of the molecule is CN(C)S(=O)(=O)N[C@@H]1[C@H](Cc2cccc(-c3ccccc3)c2F)N(C(=O)[C@H](O)C2CC2)CC12CC2. The number of amides is 1. The van der Waals surface area contributed by atoms with Crippen LogP contribution in [0.2, 0.25) is 0 Å². The monoisotopic (exact) mass is 501 g/mol. The summed E-state index contributed by atoms with van der Waals surface area (Å²) in [6.45, 7) is 0.362. The minimum Gasteiger partial charge on any atom is -0.383 e. The summed E-state index contributed by atoms with van der Waals surface area (Å²) in [7, 11) is -0.877. The van der Waals surface area contributed by atoms with Gasteiger partial charge in [-0.15, -0.1) is 0 Å². The van der Waals surface area contributed by atoms with E-state index in [4.69, 9.17) is 0 Å². The molecule has 1 amide bonds. The van der Waals surface area contributed by atoms with Gasteiger partial charge in [0, 0.05) is 31.6 Å². The van der Waals surface area contributed by atoms with Crippen molar-refractivity contribution in [1.82, 2.24) is 13.9 Å². The summed E-state index contributed by atoms with van der Waals surface area (Å²) < 4.78 is 45.3. The summed E-state index contributed by atoms with van der Waals surface area (Å²) in [6, 6.07) is 13.3. The molecule has 0 bridgehead atoms. The van der Waals surface area contributed by atoms with Gasteiger partial charge in [-0.05, 0) is 49.1 Å². The Labute approximate surface area is 206 Å². The van der Waals surface area contributed by atoms with Gasteiger partial charge >= 0.3 is 0 Å². The number of nitrogens with one attached hydrogen (secondary N) is 1. The summed E-state index contributed by atoms with van der Waals surface area (Å²) in [5.74, 6) is -0.802. The minimum absolute atomic E-state index is 0.0473. The zero-order valence-corrected chi connectivity index (χ0v) is 20.8. The van der Waals surface area contributed by atoms with E-state index in [1.165, 1.54) is 14.1 Å². The molecule has 3 aliphatic rings. The number of nitrogens with zero attached hydrogens (tertiary/aromatic N) is 2. The van der Waals surface area contributed by atoms with Crippen LogP contribution in [0.1, 0.15) is 31.2 Å². The number of hydrogen-bond acceptors (Lipinski definition) is 4. The lowest BCUT2D eigenvalue weighted by Crippen LogP contribution is -2.53. The van der Waals surface area contributed by atoms with Crippen molar-refractivity contribution < 1.29 is 22.7 Å². The van der Waals surface area contributed by atoms with Crippen LogP contribution in [0, 0.1) is 17.2 Å². The third-order valence-electron chi connectivity index (χ3n) is 7.78. The molecule has 1 spiro atoms. The molecule has 2 aliphatic carbocycles. The molecule has 2 saturated carbocycles. The highest BCUT2D eigenvalue weighted by molar-refractivity contribution is 7.87. The lowest BCUT2D eigenvalue weighted by Gasteiger charge is -2.31. The van der Waals surface area contributed by atoms with Crippen molar-refractivity contribution in [3.8, 4) is 11.1 Å². The molecule has 5 rings (SSSR count). The Morgan fingerprint density at radius 2 is 1.86 bits per heavy atom. The Balaban J connectivity index is 1.51. The average Bonchev–Trinajstić information content (AvgIpc) is 3.76. The minimum atomic E-state index is -3.78. The van der Waals surface area contributed by atoms with Crippen LogP contribution >= 0.6 is 0 Å². The van der Waals surface area contributed by atoms with Gasteiger partial charge in [-0.1, -0.05) is 48.5 Å². The van der Waals surface area contributed by atoms with E-state index in [0.29, 0.717) is 17.7 Å². The van der Waals surface area contributed by atoms with Crippen molar-refractivity contribution in [2.45, 2.75) is 50.3 Å². The molecule has 1 aliphatic heterocycles. The maximum absolute atomic E-state index is 15.7. The molecule has 1 heterocycles. The van der Waals surface area contributed by atoms with E-state index in [1.54, 1.807) is 23.1 Å². The number of hydrogen-bond donors (Lipinski definition) is 2. The molecule has 3 atom stereocenters. The zero-order valence-electron chi connectivity index (χ0n) is 20.0. The van der Waals surface area contributed by atoms with E-state index in [9.17, 15) is 18.3 Å². The molecule has 3 fully saturated rings. The molecule has 0 aromatic heterocycles. The van der Waals surface area contributed by atoms with Crippen molar-refractivity contribution >= 4 is 16.1 Å². The first-order valence-corrected chi connectivity index (χ1v) is 13.6. The van der Waals surface area contributed by atoms with Crippen LogP contribution in [0.15, 0.2) is 48.5 Å². The van der Waals surface area contributed by atoms with Crippen LogP contribution in [0.25, 0.3) is 11.1 Å². The summed E-state index contributed by atoms with van der Waals surface area (Å²) in [5.41, 5.74) is 1.24. The molecule has 2 N–H and O–H groups in total. The Kier molecular flexibility index (Phi) is 6.24. The van der Waals surface area contributed by atoms with Crippen LogP contribution in [-0.4, -0.2) is 67.5 Å². The van der Waals surface area contributed by atoms with Gasteiger partial charge in [-0.2, -0.15) is 17.4 Å². The predicted molar refractivity (Wildman–Crippen MR) is 131 cm³/mol. The highest BCUT2D eigenvalue weighted by atomic mass is 32.2. The number of carbonyl (C=O) groups excluding carboxylic acids is 1. The van der Waals surface area contributed by atoms with E-state index in [0.717, 1.165) is 35.6 Å². The summed E-state index contributed by atoms with van der Waals surface area (Å²) in [4.78, 5) is 15.0. The van der Waals surface area contributed by atoms with E-state index in [1.807, 2.05) is 30.3 Å². The summed E-state index contributed by atoms with van der Waals surface area (Å²) >= 11 is 0. The summed E-state index contributed by atoms with van der Waals surface area (Å²) in [5, 5.41) is 10.6. The molecule has 2 aromatic rings. The third kappa shape index (κ3) is 4.62. The lowest BCUT2D eigenvalue weighted by molar-refractivity contribution is -0.142.